The van der Waals surface area contributed by atoms with E-state index in [9.17, 15) is 23.6 Å². The Hall–Kier alpha value is -2.53. The van der Waals surface area contributed by atoms with Crippen LogP contribution in [-0.4, -0.2) is 55.6 Å². The second-order valence-electron chi connectivity index (χ2n) is 6.26. The number of nitro groups is 1. The molecule has 28 heavy (non-hydrogen) atoms. The van der Waals surface area contributed by atoms with Crippen LogP contribution in [0.25, 0.3) is 0 Å². The lowest BCUT2D eigenvalue weighted by Gasteiger charge is -2.26. The molecule has 2 aromatic carbocycles. The van der Waals surface area contributed by atoms with Crippen molar-refractivity contribution in [1.82, 2.24) is 4.31 Å². The standard InChI is InChI=1S/C18H21N3O6S/c22-18(14-4-2-1-3-5-14)13-19-16-7-6-15(12-17(16)21(23)24)28(25,26)20-8-10-27-11-9-20/h1-7,12,18-19,22H,8-11,13H2/t18-/m0/s1. The first-order valence-corrected chi connectivity index (χ1v) is 10.2. The summed E-state index contributed by atoms with van der Waals surface area (Å²) >= 11 is 0. The summed E-state index contributed by atoms with van der Waals surface area (Å²) < 4.78 is 31.8. The fraction of sp³-hybridized carbons (Fsp3) is 0.333. The van der Waals surface area contributed by atoms with Crippen LogP contribution in [-0.2, 0) is 14.8 Å². The minimum atomic E-state index is -3.84. The second-order valence-corrected chi connectivity index (χ2v) is 8.20. The molecule has 10 heteroatoms. The lowest BCUT2D eigenvalue weighted by Crippen LogP contribution is -2.40. The molecule has 1 fully saturated rings. The van der Waals surface area contributed by atoms with Gasteiger partial charge in [0.25, 0.3) is 5.69 Å². The van der Waals surface area contributed by atoms with Crippen molar-refractivity contribution in [3.8, 4) is 0 Å². The van der Waals surface area contributed by atoms with Crippen molar-refractivity contribution in [2.24, 2.45) is 0 Å². The number of nitro benzene ring substituents is 1. The maximum Gasteiger partial charge on any atom is 0.293 e. The highest BCUT2D eigenvalue weighted by Gasteiger charge is 2.29. The molecule has 0 bridgehead atoms. The van der Waals surface area contributed by atoms with Gasteiger partial charge in [0, 0.05) is 25.7 Å². The van der Waals surface area contributed by atoms with E-state index in [-0.39, 0.29) is 35.9 Å². The molecule has 0 amide bonds. The normalized spacial score (nSPS) is 16.5. The van der Waals surface area contributed by atoms with Crippen LogP contribution in [0.15, 0.2) is 53.4 Å². The van der Waals surface area contributed by atoms with E-state index in [1.165, 1.54) is 16.4 Å². The van der Waals surface area contributed by atoms with E-state index in [2.05, 4.69) is 5.32 Å². The van der Waals surface area contributed by atoms with Crippen LogP contribution < -0.4 is 5.32 Å². The molecule has 0 spiro atoms. The highest BCUT2D eigenvalue weighted by Crippen LogP contribution is 2.30. The zero-order valence-corrected chi connectivity index (χ0v) is 15.8. The first-order valence-electron chi connectivity index (χ1n) is 8.73. The van der Waals surface area contributed by atoms with Gasteiger partial charge in [0.05, 0.1) is 29.1 Å². The number of hydrogen-bond acceptors (Lipinski definition) is 7. The maximum atomic E-state index is 12.7. The van der Waals surface area contributed by atoms with E-state index in [4.69, 9.17) is 4.74 Å². The van der Waals surface area contributed by atoms with Gasteiger partial charge >= 0.3 is 0 Å². The van der Waals surface area contributed by atoms with Gasteiger partial charge in [0.1, 0.15) is 5.69 Å². The summed E-state index contributed by atoms with van der Waals surface area (Å²) in [7, 11) is -3.84. The Kier molecular flexibility index (Phi) is 6.25. The molecule has 1 heterocycles. The number of nitrogens with one attached hydrogen (secondary N) is 1. The summed E-state index contributed by atoms with van der Waals surface area (Å²) in [6.45, 7) is 1.04. The lowest BCUT2D eigenvalue weighted by molar-refractivity contribution is -0.384. The summed E-state index contributed by atoms with van der Waals surface area (Å²) in [5.41, 5.74) is 0.444. The first-order chi connectivity index (χ1) is 13.4. The van der Waals surface area contributed by atoms with Gasteiger partial charge in [-0.2, -0.15) is 4.31 Å². The van der Waals surface area contributed by atoms with Crippen LogP contribution in [0.5, 0.6) is 0 Å². The van der Waals surface area contributed by atoms with E-state index < -0.39 is 21.1 Å². The Morgan fingerprint density at radius 3 is 2.50 bits per heavy atom. The number of benzene rings is 2. The molecule has 1 aliphatic heterocycles. The SMILES string of the molecule is O=[N+]([O-])c1cc(S(=O)(=O)N2CCOCC2)ccc1NC[C@H](O)c1ccccc1. The smallest absolute Gasteiger partial charge is 0.293 e. The molecule has 150 valence electrons. The zero-order chi connectivity index (χ0) is 20.1. The van der Waals surface area contributed by atoms with Crippen LogP contribution in [0.4, 0.5) is 11.4 Å². The molecule has 0 saturated carbocycles. The average molecular weight is 407 g/mol. The summed E-state index contributed by atoms with van der Waals surface area (Å²) in [4.78, 5) is 10.7. The number of rotatable bonds is 7. The fourth-order valence-corrected chi connectivity index (χ4v) is 4.34. The molecule has 0 aliphatic carbocycles. The van der Waals surface area contributed by atoms with Crippen molar-refractivity contribution in [3.63, 3.8) is 0 Å². The number of ether oxygens (including phenoxy) is 1. The molecule has 3 rings (SSSR count). The molecule has 1 atom stereocenters. The molecule has 1 saturated heterocycles. The van der Waals surface area contributed by atoms with Crippen molar-refractivity contribution in [3.05, 3.63) is 64.2 Å². The van der Waals surface area contributed by atoms with E-state index in [0.717, 1.165) is 6.07 Å². The molecular weight excluding hydrogens is 386 g/mol. The van der Waals surface area contributed by atoms with Crippen molar-refractivity contribution >= 4 is 21.4 Å². The van der Waals surface area contributed by atoms with Gasteiger partial charge in [0.15, 0.2) is 0 Å². The monoisotopic (exact) mass is 407 g/mol. The van der Waals surface area contributed by atoms with Gasteiger partial charge < -0.3 is 15.2 Å². The first kappa shape index (κ1) is 20.2. The van der Waals surface area contributed by atoms with Gasteiger partial charge in [0.2, 0.25) is 10.0 Å². The maximum absolute atomic E-state index is 12.7. The van der Waals surface area contributed by atoms with Crippen LogP contribution in [0.2, 0.25) is 0 Å². The minimum absolute atomic E-state index is 0.0421. The average Bonchev–Trinajstić information content (AvgIpc) is 2.73. The third-order valence-electron chi connectivity index (χ3n) is 4.44. The Bertz CT molecular complexity index is 930. The molecule has 9 nitrogen and oxygen atoms in total. The summed E-state index contributed by atoms with van der Waals surface area (Å²) in [5.74, 6) is 0. The molecule has 0 radical (unpaired) electrons. The Balaban J connectivity index is 1.80. The van der Waals surface area contributed by atoms with Crippen molar-refractivity contribution in [2.75, 3.05) is 38.2 Å². The van der Waals surface area contributed by atoms with Crippen LogP contribution in [0, 0.1) is 10.1 Å². The van der Waals surface area contributed by atoms with E-state index in [1.807, 2.05) is 6.07 Å². The molecule has 0 unspecified atom stereocenters. The molecule has 2 N–H and O–H groups in total. The largest absolute Gasteiger partial charge is 0.387 e. The number of nitrogens with zero attached hydrogens (tertiary/aromatic N) is 2. The quantitative estimate of drug-likeness (QED) is 0.530. The van der Waals surface area contributed by atoms with Gasteiger partial charge in [-0.05, 0) is 17.7 Å². The summed E-state index contributed by atoms with van der Waals surface area (Å²) in [5, 5.41) is 24.5. The third-order valence-corrected chi connectivity index (χ3v) is 6.34. The number of sulfonamides is 1. The Morgan fingerprint density at radius 1 is 1.18 bits per heavy atom. The van der Waals surface area contributed by atoms with Crippen molar-refractivity contribution in [2.45, 2.75) is 11.0 Å². The van der Waals surface area contributed by atoms with Crippen LogP contribution in [0.3, 0.4) is 0 Å². The molecule has 2 aromatic rings. The van der Waals surface area contributed by atoms with E-state index >= 15 is 0 Å². The highest BCUT2D eigenvalue weighted by molar-refractivity contribution is 7.89. The van der Waals surface area contributed by atoms with Crippen LogP contribution >= 0.6 is 0 Å². The second kappa shape index (κ2) is 8.65. The van der Waals surface area contributed by atoms with Gasteiger partial charge in [-0.1, -0.05) is 30.3 Å². The van der Waals surface area contributed by atoms with Gasteiger partial charge in [-0.15, -0.1) is 0 Å². The number of aliphatic hydroxyl groups is 1. The molecule has 1 aliphatic rings. The van der Waals surface area contributed by atoms with E-state index in [1.54, 1.807) is 24.3 Å². The Morgan fingerprint density at radius 2 is 1.86 bits per heavy atom. The Labute approximate surface area is 162 Å². The zero-order valence-electron chi connectivity index (χ0n) is 15.0. The predicted octanol–water partition coefficient (Wildman–Crippen LogP) is 1.76. The van der Waals surface area contributed by atoms with Gasteiger partial charge in [-0.3, -0.25) is 10.1 Å². The summed E-state index contributed by atoms with van der Waals surface area (Å²) in [6, 6.07) is 12.6. The number of aliphatic hydroxyl groups excluding tert-OH is 1. The van der Waals surface area contributed by atoms with E-state index in [0.29, 0.717) is 18.8 Å². The topological polar surface area (TPSA) is 122 Å². The van der Waals surface area contributed by atoms with Gasteiger partial charge in [-0.25, -0.2) is 8.42 Å². The van der Waals surface area contributed by atoms with Crippen LogP contribution in [0.1, 0.15) is 11.7 Å². The number of morpholine rings is 1. The lowest BCUT2D eigenvalue weighted by atomic mass is 10.1. The van der Waals surface area contributed by atoms with Crippen molar-refractivity contribution < 1.29 is 23.2 Å². The molecule has 0 aromatic heterocycles. The minimum Gasteiger partial charge on any atom is -0.387 e. The number of hydrogen-bond donors (Lipinski definition) is 2. The fourth-order valence-electron chi connectivity index (χ4n) is 2.91. The van der Waals surface area contributed by atoms with Crippen molar-refractivity contribution in [1.29, 1.82) is 0 Å². The third kappa shape index (κ3) is 4.47. The predicted molar refractivity (Wildman–Crippen MR) is 103 cm³/mol. The molecular formula is C18H21N3O6S. The highest BCUT2D eigenvalue weighted by atomic mass is 32.2. The summed E-state index contributed by atoms with van der Waals surface area (Å²) in [6.07, 6.45) is -0.863. The number of anilines is 1.